The van der Waals surface area contributed by atoms with Gasteiger partial charge >= 0.3 is 0 Å². The van der Waals surface area contributed by atoms with Crippen molar-refractivity contribution in [3.05, 3.63) is 47.9 Å². The zero-order chi connectivity index (χ0) is 16.8. The molecule has 1 saturated heterocycles. The largest absolute Gasteiger partial charge is 0.379 e. The predicted octanol–water partition coefficient (Wildman–Crippen LogP) is 1.28. The van der Waals surface area contributed by atoms with E-state index in [0.29, 0.717) is 12.2 Å². The Balaban J connectivity index is 1.65. The molecule has 7 heteroatoms. The van der Waals surface area contributed by atoms with Crippen molar-refractivity contribution in [3.8, 4) is 0 Å². The molecule has 0 saturated carbocycles. The van der Waals surface area contributed by atoms with Crippen LogP contribution in [0.15, 0.2) is 36.5 Å². The Bertz CT molecular complexity index is 701. The van der Waals surface area contributed by atoms with Gasteiger partial charge in [-0.1, -0.05) is 6.07 Å². The summed E-state index contributed by atoms with van der Waals surface area (Å²) in [6.07, 6.45) is 1.62. The highest BCUT2D eigenvalue weighted by Gasteiger charge is 2.12. The van der Waals surface area contributed by atoms with E-state index in [4.69, 9.17) is 9.72 Å². The van der Waals surface area contributed by atoms with Gasteiger partial charge < -0.3 is 20.3 Å². The van der Waals surface area contributed by atoms with Crippen LogP contribution < -0.4 is 15.5 Å². The van der Waals surface area contributed by atoms with Crippen LogP contribution in [0, 0.1) is 0 Å². The molecule has 0 aliphatic carbocycles. The lowest BCUT2D eigenvalue weighted by Gasteiger charge is -2.28. The van der Waals surface area contributed by atoms with Crippen molar-refractivity contribution >= 4 is 17.4 Å². The van der Waals surface area contributed by atoms with Crippen molar-refractivity contribution < 1.29 is 9.53 Å². The number of morpholine rings is 1. The van der Waals surface area contributed by atoms with E-state index in [0.717, 1.165) is 43.5 Å². The van der Waals surface area contributed by atoms with Crippen molar-refractivity contribution in [2.24, 2.45) is 0 Å². The molecule has 0 radical (unpaired) electrons. The van der Waals surface area contributed by atoms with Crippen LogP contribution in [-0.2, 0) is 11.3 Å². The summed E-state index contributed by atoms with van der Waals surface area (Å²) in [5.41, 5.74) is 2.16. The van der Waals surface area contributed by atoms with Crippen molar-refractivity contribution in [3.63, 3.8) is 0 Å². The molecule has 126 valence electrons. The van der Waals surface area contributed by atoms with Crippen LogP contribution >= 0.6 is 0 Å². The van der Waals surface area contributed by atoms with Crippen LogP contribution in [0.1, 0.15) is 16.2 Å². The van der Waals surface area contributed by atoms with Gasteiger partial charge in [-0.05, 0) is 24.3 Å². The first-order chi connectivity index (χ1) is 11.8. The van der Waals surface area contributed by atoms with Crippen molar-refractivity contribution in [2.75, 3.05) is 43.6 Å². The number of ether oxygens (including phenoxy) is 1. The van der Waals surface area contributed by atoms with Crippen LogP contribution in [0.25, 0.3) is 0 Å². The fourth-order valence-corrected chi connectivity index (χ4v) is 2.52. The molecule has 1 amide bonds. The second kappa shape index (κ2) is 7.74. The summed E-state index contributed by atoms with van der Waals surface area (Å²) in [6.45, 7) is 3.79. The highest BCUT2D eigenvalue weighted by atomic mass is 16.5. The Morgan fingerprint density at radius 3 is 2.92 bits per heavy atom. The number of carbonyl (C=O) groups is 1. The molecule has 0 unspecified atom stereocenters. The molecule has 0 spiro atoms. The van der Waals surface area contributed by atoms with Crippen LogP contribution in [0.2, 0.25) is 0 Å². The van der Waals surface area contributed by atoms with Crippen molar-refractivity contribution in [2.45, 2.75) is 6.54 Å². The summed E-state index contributed by atoms with van der Waals surface area (Å²) in [7, 11) is 1.59. The van der Waals surface area contributed by atoms with Gasteiger partial charge in [0.1, 0.15) is 11.5 Å². The summed E-state index contributed by atoms with van der Waals surface area (Å²) in [4.78, 5) is 22.6. The molecule has 1 aliphatic rings. The first kappa shape index (κ1) is 16.2. The first-order valence-corrected chi connectivity index (χ1v) is 7.97. The second-order valence-electron chi connectivity index (χ2n) is 5.45. The molecule has 7 nitrogen and oxygen atoms in total. The second-order valence-corrected chi connectivity index (χ2v) is 5.45. The van der Waals surface area contributed by atoms with Gasteiger partial charge in [0.2, 0.25) is 0 Å². The van der Waals surface area contributed by atoms with Crippen molar-refractivity contribution in [1.29, 1.82) is 0 Å². The number of pyridine rings is 2. The zero-order valence-electron chi connectivity index (χ0n) is 13.7. The average Bonchev–Trinajstić information content (AvgIpc) is 2.67. The Hall–Kier alpha value is -2.67. The Kier molecular flexibility index (Phi) is 5.22. The summed E-state index contributed by atoms with van der Waals surface area (Å²) >= 11 is 0. The van der Waals surface area contributed by atoms with E-state index in [-0.39, 0.29) is 5.91 Å². The number of rotatable bonds is 5. The van der Waals surface area contributed by atoms with Crippen LogP contribution in [0.3, 0.4) is 0 Å². The van der Waals surface area contributed by atoms with Gasteiger partial charge in [-0.15, -0.1) is 0 Å². The Labute approximate surface area is 141 Å². The quantitative estimate of drug-likeness (QED) is 0.861. The third kappa shape index (κ3) is 3.99. The molecule has 0 atom stereocenters. The molecule has 1 aliphatic heterocycles. The number of nitrogens with zero attached hydrogens (tertiary/aromatic N) is 3. The monoisotopic (exact) mass is 327 g/mol. The van der Waals surface area contributed by atoms with E-state index in [1.807, 2.05) is 24.3 Å². The van der Waals surface area contributed by atoms with Crippen LogP contribution in [-0.4, -0.2) is 49.2 Å². The number of hydrogen-bond donors (Lipinski definition) is 2. The van der Waals surface area contributed by atoms with E-state index in [9.17, 15) is 4.79 Å². The maximum Gasteiger partial charge on any atom is 0.269 e. The summed E-state index contributed by atoms with van der Waals surface area (Å²) < 4.78 is 5.38. The lowest BCUT2D eigenvalue weighted by molar-refractivity contribution is 0.0958. The zero-order valence-corrected chi connectivity index (χ0v) is 13.7. The van der Waals surface area contributed by atoms with E-state index in [2.05, 4.69) is 20.5 Å². The fourth-order valence-electron chi connectivity index (χ4n) is 2.52. The third-order valence-corrected chi connectivity index (χ3v) is 3.82. The average molecular weight is 327 g/mol. The lowest BCUT2D eigenvalue weighted by atomic mass is 10.2. The van der Waals surface area contributed by atoms with Gasteiger partial charge in [0.25, 0.3) is 5.91 Å². The highest BCUT2D eigenvalue weighted by Crippen LogP contribution is 2.15. The maximum absolute atomic E-state index is 11.6. The van der Waals surface area contributed by atoms with Gasteiger partial charge in [0, 0.05) is 32.0 Å². The van der Waals surface area contributed by atoms with Crippen LogP contribution in [0.4, 0.5) is 11.5 Å². The topological polar surface area (TPSA) is 79.4 Å². The van der Waals surface area contributed by atoms with E-state index < -0.39 is 0 Å². The van der Waals surface area contributed by atoms with Gasteiger partial charge in [-0.3, -0.25) is 9.78 Å². The summed E-state index contributed by atoms with van der Waals surface area (Å²) in [5.74, 6) is 0.768. The van der Waals surface area contributed by atoms with Gasteiger partial charge in [-0.25, -0.2) is 4.98 Å². The number of hydrogen-bond acceptors (Lipinski definition) is 6. The minimum Gasteiger partial charge on any atom is -0.379 e. The summed E-state index contributed by atoms with van der Waals surface area (Å²) in [5, 5.41) is 5.85. The predicted molar refractivity (Wildman–Crippen MR) is 92.2 cm³/mol. The SMILES string of the molecule is CNC(=O)c1cc(NCc2cccc(N3CCOCC3)n2)ccn1. The number of aromatic nitrogens is 2. The van der Waals surface area contributed by atoms with Crippen molar-refractivity contribution in [1.82, 2.24) is 15.3 Å². The lowest BCUT2D eigenvalue weighted by Crippen LogP contribution is -2.36. The fraction of sp³-hybridized carbons (Fsp3) is 0.353. The minimum absolute atomic E-state index is 0.203. The highest BCUT2D eigenvalue weighted by molar-refractivity contribution is 5.92. The molecule has 24 heavy (non-hydrogen) atoms. The molecule has 2 N–H and O–H groups in total. The Morgan fingerprint density at radius 2 is 2.12 bits per heavy atom. The van der Waals surface area contributed by atoms with E-state index >= 15 is 0 Å². The maximum atomic E-state index is 11.6. The number of amides is 1. The third-order valence-electron chi connectivity index (χ3n) is 3.82. The Morgan fingerprint density at radius 1 is 1.29 bits per heavy atom. The molecule has 3 heterocycles. The van der Waals surface area contributed by atoms with Gasteiger partial charge in [0.05, 0.1) is 25.5 Å². The molecule has 3 rings (SSSR count). The molecular formula is C17H21N5O2. The number of nitrogens with one attached hydrogen (secondary N) is 2. The molecule has 2 aromatic heterocycles. The molecule has 0 aromatic carbocycles. The molecule has 1 fully saturated rings. The standard InChI is InChI=1S/C17H21N5O2/c1-18-17(23)15-11-13(5-6-19-15)20-12-14-3-2-4-16(21-14)22-7-9-24-10-8-22/h2-6,11H,7-10,12H2,1H3,(H,18,23)(H,19,20). The summed E-state index contributed by atoms with van der Waals surface area (Å²) in [6, 6.07) is 9.57. The smallest absolute Gasteiger partial charge is 0.269 e. The van der Waals surface area contributed by atoms with Gasteiger partial charge in [0.15, 0.2) is 0 Å². The molecule has 2 aromatic rings. The van der Waals surface area contributed by atoms with E-state index in [1.165, 1.54) is 0 Å². The first-order valence-electron chi connectivity index (χ1n) is 7.97. The van der Waals surface area contributed by atoms with Crippen LogP contribution in [0.5, 0.6) is 0 Å². The molecule has 0 bridgehead atoms. The minimum atomic E-state index is -0.203. The number of carbonyl (C=O) groups excluding carboxylic acids is 1. The van der Waals surface area contributed by atoms with E-state index in [1.54, 1.807) is 19.3 Å². The normalized spacial score (nSPS) is 14.3. The number of anilines is 2. The molecular weight excluding hydrogens is 306 g/mol. The van der Waals surface area contributed by atoms with Gasteiger partial charge in [-0.2, -0.15) is 0 Å².